The molecule has 2 nitrogen and oxygen atoms in total. The van der Waals surface area contributed by atoms with Gasteiger partial charge in [0, 0.05) is 0 Å². The second kappa shape index (κ2) is 2.55. The molecule has 1 aliphatic rings. The third-order valence-corrected chi connectivity index (χ3v) is 1.71. The van der Waals surface area contributed by atoms with E-state index in [4.69, 9.17) is 0 Å². The van der Waals surface area contributed by atoms with Crippen molar-refractivity contribution in [2.24, 2.45) is 0 Å². The van der Waals surface area contributed by atoms with Gasteiger partial charge in [-0.05, 0) is 12.1 Å². The summed E-state index contributed by atoms with van der Waals surface area (Å²) in [5, 5.41) is 2.27. The van der Waals surface area contributed by atoms with Crippen LogP contribution in [0.3, 0.4) is 0 Å². The molecule has 0 fully saturated rings. The van der Waals surface area contributed by atoms with Crippen LogP contribution in [0.1, 0.15) is 0 Å². The lowest BCUT2D eigenvalue weighted by Gasteiger charge is -2.26. The highest BCUT2D eigenvalue weighted by atomic mass is 19.3. The Morgan fingerprint density at radius 2 is 2.15 bits per heavy atom. The van der Waals surface area contributed by atoms with Crippen molar-refractivity contribution in [2.45, 2.75) is 6.11 Å². The van der Waals surface area contributed by atoms with Gasteiger partial charge in [0.2, 0.25) is 0 Å². The average Bonchev–Trinajstić information content (AvgIpc) is 2.02. The molecule has 1 N–H and O–H groups in total. The second-order valence-electron chi connectivity index (χ2n) is 2.71. The van der Waals surface area contributed by atoms with Gasteiger partial charge in [-0.2, -0.15) is 8.78 Å². The summed E-state index contributed by atoms with van der Waals surface area (Å²) in [5.41, 5.74) is -0.00609. The molecule has 0 amide bonds. The van der Waals surface area contributed by atoms with Crippen LogP contribution in [0.5, 0.6) is 5.75 Å². The number of benzene rings is 1. The van der Waals surface area contributed by atoms with Gasteiger partial charge >= 0.3 is 6.11 Å². The van der Waals surface area contributed by atoms with Crippen LogP contribution in [-0.4, -0.2) is 12.7 Å². The minimum atomic E-state index is -3.26. The molecular weight excluding hydrogens is 183 g/mol. The third kappa shape index (κ3) is 1.41. The van der Waals surface area contributed by atoms with Crippen LogP contribution in [0.2, 0.25) is 0 Å². The molecule has 0 spiro atoms. The predicted molar refractivity (Wildman–Crippen MR) is 40.5 cm³/mol. The lowest BCUT2D eigenvalue weighted by Crippen LogP contribution is -2.37. The SMILES string of the molecule is Fc1cccc2c1NCC(F)(F)O2. The van der Waals surface area contributed by atoms with Gasteiger partial charge in [0.1, 0.15) is 18.0 Å². The van der Waals surface area contributed by atoms with E-state index in [1.165, 1.54) is 18.2 Å². The molecular formula is C8H6F3NO. The van der Waals surface area contributed by atoms with Crippen LogP contribution in [0.25, 0.3) is 0 Å². The Kier molecular flexibility index (Phi) is 1.61. The van der Waals surface area contributed by atoms with Gasteiger partial charge in [0.15, 0.2) is 5.75 Å². The maximum atomic E-state index is 12.9. The number of para-hydroxylation sites is 1. The van der Waals surface area contributed by atoms with Gasteiger partial charge in [0.25, 0.3) is 0 Å². The molecule has 0 bridgehead atoms. The van der Waals surface area contributed by atoms with Crippen molar-refractivity contribution in [2.75, 3.05) is 11.9 Å². The third-order valence-electron chi connectivity index (χ3n) is 1.71. The fraction of sp³-hybridized carbons (Fsp3) is 0.250. The fourth-order valence-electron chi connectivity index (χ4n) is 1.15. The topological polar surface area (TPSA) is 21.3 Å². The zero-order valence-electron chi connectivity index (χ0n) is 6.48. The average molecular weight is 189 g/mol. The molecule has 5 heteroatoms. The number of nitrogens with one attached hydrogen (secondary N) is 1. The van der Waals surface area contributed by atoms with E-state index >= 15 is 0 Å². The number of fused-ring (bicyclic) bond motifs is 1. The van der Waals surface area contributed by atoms with Crippen molar-refractivity contribution in [3.05, 3.63) is 24.0 Å². The lowest BCUT2D eigenvalue weighted by molar-refractivity contribution is -0.167. The Labute approximate surface area is 72.3 Å². The van der Waals surface area contributed by atoms with E-state index in [9.17, 15) is 13.2 Å². The van der Waals surface area contributed by atoms with E-state index in [0.29, 0.717) is 0 Å². The molecule has 0 unspecified atom stereocenters. The Morgan fingerprint density at radius 1 is 1.38 bits per heavy atom. The summed E-state index contributed by atoms with van der Waals surface area (Å²) in [7, 11) is 0. The summed E-state index contributed by atoms with van der Waals surface area (Å²) in [6, 6.07) is 3.79. The van der Waals surface area contributed by atoms with Gasteiger partial charge < -0.3 is 10.1 Å². The molecule has 0 aliphatic carbocycles. The Balaban J connectivity index is 2.42. The number of hydrogen-bond donors (Lipinski definition) is 1. The Morgan fingerprint density at radius 3 is 2.92 bits per heavy atom. The number of hydrogen-bond acceptors (Lipinski definition) is 2. The van der Waals surface area contributed by atoms with Gasteiger partial charge in [0.05, 0.1) is 0 Å². The maximum Gasteiger partial charge on any atom is 0.415 e. The minimum absolute atomic E-state index is 0.00609. The van der Waals surface area contributed by atoms with Gasteiger partial charge in [-0.3, -0.25) is 0 Å². The quantitative estimate of drug-likeness (QED) is 0.675. The minimum Gasteiger partial charge on any atom is -0.429 e. The molecule has 0 atom stereocenters. The molecule has 0 aromatic heterocycles. The highest BCUT2D eigenvalue weighted by Crippen LogP contribution is 2.35. The summed E-state index contributed by atoms with van der Waals surface area (Å²) in [5.74, 6) is -0.746. The molecule has 1 aliphatic heterocycles. The highest BCUT2D eigenvalue weighted by Gasteiger charge is 2.36. The van der Waals surface area contributed by atoms with E-state index in [1.54, 1.807) is 0 Å². The first kappa shape index (κ1) is 8.22. The zero-order valence-corrected chi connectivity index (χ0v) is 6.48. The van der Waals surface area contributed by atoms with Crippen LogP contribution < -0.4 is 10.1 Å². The molecule has 13 heavy (non-hydrogen) atoms. The summed E-state index contributed by atoms with van der Waals surface area (Å²) in [6.07, 6.45) is -3.26. The molecule has 0 saturated carbocycles. The largest absolute Gasteiger partial charge is 0.429 e. The number of anilines is 1. The number of alkyl halides is 2. The van der Waals surface area contributed by atoms with Crippen molar-refractivity contribution >= 4 is 5.69 Å². The van der Waals surface area contributed by atoms with Crippen molar-refractivity contribution in [1.29, 1.82) is 0 Å². The van der Waals surface area contributed by atoms with E-state index in [0.717, 1.165) is 0 Å². The Bertz CT molecular complexity index is 340. The molecule has 0 radical (unpaired) electrons. The first-order chi connectivity index (χ1) is 6.08. The van der Waals surface area contributed by atoms with Crippen molar-refractivity contribution < 1.29 is 17.9 Å². The molecule has 70 valence electrons. The van der Waals surface area contributed by atoms with Gasteiger partial charge in [-0.25, -0.2) is 4.39 Å². The van der Waals surface area contributed by atoms with Gasteiger partial charge in [-0.15, -0.1) is 0 Å². The molecule has 2 rings (SSSR count). The van der Waals surface area contributed by atoms with E-state index in [-0.39, 0.29) is 11.4 Å². The summed E-state index contributed by atoms with van der Waals surface area (Å²) in [6.45, 7) is -0.707. The van der Waals surface area contributed by atoms with Crippen LogP contribution in [0.15, 0.2) is 18.2 Å². The Hall–Kier alpha value is -1.39. The first-order valence-electron chi connectivity index (χ1n) is 3.68. The molecule has 1 heterocycles. The second-order valence-corrected chi connectivity index (χ2v) is 2.71. The van der Waals surface area contributed by atoms with Crippen molar-refractivity contribution in [1.82, 2.24) is 0 Å². The van der Waals surface area contributed by atoms with Crippen LogP contribution in [0.4, 0.5) is 18.9 Å². The predicted octanol–water partition coefficient (Wildman–Crippen LogP) is 2.22. The standard InChI is InChI=1S/C8H6F3NO/c9-5-2-1-3-6-7(5)12-4-8(10,11)13-6/h1-3,12H,4H2. The normalized spacial score (nSPS) is 18.4. The number of halogens is 3. The van der Waals surface area contributed by atoms with Crippen LogP contribution >= 0.6 is 0 Å². The van der Waals surface area contributed by atoms with E-state index < -0.39 is 18.5 Å². The van der Waals surface area contributed by atoms with E-state index in [2.05, 4.69) is 10.1 Å². The molecule has 1 aromatic rings. The monoisotopic (exact) mass is 189 g/mol. The smallest absolute Gasteiger partial charge is 0.415 e. The van der Waals surface area contributed by atoms with Gasteiger partial charge in [-0.1, -0.05) is 6.07 Å². The first-order valence-corrected chi connectivity index (χ1v) is 3.68. The summed E-state index contributed by atoms with van der Waals surface area (Å²) >= 11 is 0. The van der Waals surface area contributed by atoms with Crippen LogP contribution in [0, 0.1) is 5.82 Å². The van der Waals surface area contributed by atoms with Crippen LogP contribution in [-0.2, 0) is 0 Å². The van der Waals surface area contributed by atoms with Crippen molar-refractivity contribution in [3.8, 4) is 5.75 Å². The summed E-state index contributed by atoms with van der Waals surface area (Å²) < 4.78 is 42.4. The van der Waals surface area contributed by atoms with E-state index in [1.807, 2.05) is 0 Å². The summed E-state index contributed by atoms with van der Waals surface area (Å²) in [4.78, 5) is 0. The maximum absolute atomic E-state index is 12.9. The molecule has 1 aromatic carbocycles. The molecule has 0 saturated heterocycles. The van der Waals surface area contributed by atoms with Crippen molar-refractivity contribution in [3.63, 3.8) is 0 Å². The number of rotatable bonds is 0. The number of ether oxygens (including phenoxy) is 1. The highest BCUT2D eigenvalue weighted by molar-refractivity contribution is 5.58. The zero-order chi connectivity index (χ0) is 9.47. The lowest BCUT2D eigenvalue weighted by atomic mass is 10.2. The fourth-order valence-corrected chi connectivity index (χ4v) is 1.15.